The van der Waals surface area contributed by atoms with Crippen molar-refractivity contribution in [2.75, 3.05) is 13.2 Å². The molecule has 0 aromatic rings. The van der Waals surface area contributed by atoms with Crippen LogP contribution < -0.4 is 0 Å². The molecule has 0 bridgehead atoms. The Kier molecular flexibility index (Phi) is 51.9. The first-order chi connectivity index (χ1) is 38.6. The fraction of sp³-hybridized carbons (Fsp3) is 0.851. The first-order valence-electron chi connectivity index (χ1n) is 33.0. The predicted octanol–water partition coefficient (Wildman–Crippen LogP) is 17.6. The van der Waals surface area contributed by atoms with Crippen molar-refractivity contribution in [1.82, 2.24) is 0 Å². The van der Waals surface area contributed by atoms with Gasteiger partial charge in [0.25, 0.3) is 0 Å². The Hall–Kier alpha value is -3.06. The number of unbranched alkanes of at least 4 members (excludes halogenated alkanes) is 37. The van der Waals surface area contributed by atoms with Gasteiger partial charge >= 0.3 is 23.9 Å². The van der Waals surface area contributed by atoms with E-state index < -0.39 is 67.3 Å². The van der Waals surface area contributed by atoms with Crippen LogP contribution in [0.2, 0.25) is 0 Å². The highest BCUT2D eigenvalue weighted by Gasteiger charge is 2.50. The van der Waals surface area contributed by atoms with Crippen LogP contribution in [0.5, 0.6) is 0 Å². The van der Waals surface area contributed by atoms with Gasteiger partial charge in [0.05, 0.1) is 6.61 Å². The van der Waals surface area contributed by atoms with Gasteiger partial charge < -0.3 is 39.0 Å². The SMILES string of the molecule is CCCCC/C=C\C/C=C\CCCCCCCCCC(=O)OCC(COC1OC(C(=O)O)C(O)C(O)C1OC(=O)CCCCCCC/C=C\CCCCCCCC)OC(=O)CCCCCCCCCCCCCCCCCCC. The summed E-state index contributed by atoms with van der Waals surface area (Å²) in [6, 6.07) is 0. The van der Waals surface area contributed by atoms with Crippen LogP contribution in [-0.4, -0.2) is 89.2 Å². The summed E-state index contributed by atoms with van der Waals surface area (Å²) in [6.45, 7) is 6.00. The maximum Gasteiger partial charge on any atom is 0.335 e. The molecule has 1 saturated heterocycles. The fourth-order valence-corrected chi connectivity index (χ4v) is 10.1. The molecular weight excluding hydrogens is 997 g/mol. The number of aliphatic carboxylic acids is 1. The summed E-state index contributed by atoms with van der Waals surface area (Å²) in [5.74, 6) is -3.11. The van der Waals surface area contributed by atoms with Crippen LogP contribution in [0.1, 0.15) is 316 Å². The largest absolute Gasteiger partial charge is 0.479 e. The minimum atomic E-state index is -1.90. The molecule has 0 radical (unpaired) electrons. The quantitative estimate of drug-likeness (QED) is 0.0228. The summed E-state index contributed by atoms with van der Waals surface area (Å²) >= 11 is 0. The topological polar surface area (TPSA) is 175 Å². The predicted molar refractivity (Wildman–Crippen MR) is 322 cm³/mol. The molecule has 1 aliphatic rings. The highest BCUT2D eigenvalue weighted by atomic mass is 16.7. The van der Waals surface area contributed by atoms with E-state index in [4.69, 9.17) is 23.7 Å². The summed E-state index contributed by atoms with van der Waals surface area (Å²) in [5.41, 5.74) is 0. The molecule has 1 rings (SSSR count). The molecule has 6 atom stereocenters. The number of aliphatic hydroxyl groups is 2. The van der Waals surface area contributed by atoms with E-state index in [1.807, 2.05) is 0 Å². The lowest BCUT2D eigenvalue weighted by molar-refractivity contribution is -0.301. The number of rotatable bonds is 57. The zero-order valence-electron chi connectivity index (χ0n) is 50.9. The second-order valence-electron chi connectivity index (χ2n) is 22.8. The molecule has 1 aliphatic heterocycles. The number of carboxylic acids is 1. The van der Waals surface area contributed by atoms with Gasteiger partial charge in [0, 0.05) is 19.3 Å². The number of carboxylic acid groups (broad SMARTS) is 1. The molecular formula is C67H120O12. The summed E-state index contributed by atoms with van der Waals surface area (Å²) in [5, 5.41) is 31.6. The summed E-state index contributed by atoms with van der Waals surface area (Å²) in [4.78, 5) is 51.3. The van der Waals surface area contributed by atoms with Crippen LogP contribution in [0.25, 0.3) is 0 Å². The highest BCUT2D eigenvalue weighted by Crippen LogP contribution is 2.27. The zero-order valence-corrected chi connectivity index (χ0v) is 50.9. The van der Waals surface area contributed by atoms with E-state index in [0.29, 0.717) is 19.3 Å². The Balaban J connectivity index is 2.66. The van der Waals surface area contributed by atoms with E-state index in [-0.39, 0.29) is 25.9 Å². The summed E-state index contributed by atoms with van der Waals surface area (Å²) < 4.78 is 28.5. The molecule has 6 unspecified atom stereocenters. The molecule has 12 nitrogen and oxygen atoms in total. The van der Waals surface area contributed by atoms with Crippen LogP contribution in [0.4, 0.5) is 0 Å². The standard InChI is InChI=1S/C67H120O12/c1-4-7-10-13-16-19-22-25-28-30-33-35-38-41-44-47-50-53-59(68)75-56-58(77-60(69)54-51-48-45-42-39-37-34-31-29-26-23-20-17-14-11-8-5-2)57-76-67-65(63(72)62(71)64(79-67)66(73)74)78-61(70)55-52-49-46-43-40-36-32-27-24-21-18-15-12-9-6-3/h16,19,25,27-28,32,58,62-65,67,71-72H,4-15,17-18,20-24,26,29-31,33-57H2,1-3H3,(H,73,74)/b19-16-,28-25-,32-27-. The second kappa shape index (κ2) is 55.5. The number of hydrogen-bond donors (Lipinski definition) is 3. The van der Waals surface area contributed by atoms with Gasteiger partial charge in [0.15, 0.2) is 24.6 Å². The Bertz CT molecular complexity index is 1510. The van der Waals surface area contributed by atoms with Crippen molar-refractivity contribution in [1.29, 1.82) is 0 Å². The van der Waals surface area contributed by atoms with Crippen molar-refractivity contribution in [3.8, 4) is 0 Å². The zero-order chi connectivity index (χ0) is 57.5. The number of esters is 3. The van der Waals surface area contributed by atoms with Crippen molar-refractivity contribution < 1.29 is 58.2 Å². The lowest BCUT2D eigenvalue weighted by atomic mass is 9.98. The summed E-state index contributed by atoms with van der Waals surface area (Å²) in [6.07, 6.45) is 53.8. The molecule has 0 saturated carbocycles. The first-order valence-corrected chi connectivity index (χ1v) is 33.0. The lowest BCUT2D eigenvalue weighted by Gasteiger charge is -2.40. The average Bonchev–Trinajstić information content (AvgIpc) is 3.46. The Morgan fingerprint density at radius 1 is 0.418 bits per heavy atom. The van der Waals surface area contributed by atoms with E-state index in [0.717, 1.165) is 96.3 Å². The maximum atomic E-state index is 13.2. The van der Waals surface area contributed by atoms with Gasteiger partial charge in [-0.15, -0.1) is 0 Å². The van der Waals surface area contributed by atoms with Gasteiger partial charge in [0.2, 0.25) is 0 Å². The van der Waals surface area contributed by atoms with Gasteiger partial charge in [-0.05, 0) is 77.0 Å². The van der Waals surface area contributed by atoms with Crippen molar-refractivity contribution >= 4 is 23.9 Å². The van der Waals surface area contributed by atoms with Crippen LogP contribution in [-0.2, 0) is 42.9 Å². The van der Waals surface area contributed by atoms with E-state index >= 15 is 0 Å². The number of carbonyl (C=O) groups is 4. The van der Waals surface area contributed by atoms with Crippen molar-refractivity contribution in [3.05, 3.63) is 36.5 Å². The molecule has 0 aromatic heterocycles. The van der Waals surface area contributed by atoms with Crippen LogP contribution in [0.3, 0.4) is 0 Å². The van der Waals surface area contributed by atoms with Crippen LogP contribution in [0, 0.1) is 0 Å². The van der Waals surface area contributed by atoms with Crippen LogP contribution in [0.15, 0.2) is 36.5 Å². The first kappa shape index (κ1) is 74.0. The molecule has 460 valence electrons. The van der Waals surface area contributed by atoms with Gasteiger partial charge in [-0.1, -0.05) is 256 Å². The van der Waals surface area contributed by atoms with Gasteiger partial charge in [-0.25, -0.2) is 4.79 Å². The van der Waals surface area contributed by atoms with Gasteiger partial charge in [0.1, 0.15) is 18.8 Å². The number of hydrogen-bond acceptors (Lipinski definition) is 11. The smallest absolute Gasteiger partial charge is 0.335 e. The number of carbonyl (C=O) groups excluding carboxylic acids is 3. The molecule has 79 heavy (non-hydrogen) atoms. The normalized spacial score (nSPS) is 18.0. The van der Waals surface area contributed by atoms with Gasteiger partial charge in [-0.2, -0.15) is 0 Å². The lowest BCUT2D eigenvalue weighted by Crippen LogP contribution is -2.61. The third-order valence-corrected chi connectivity index (χ3v) is 15.2. The molecule has 0 aliphatic carbocycles. The second-order valence-corrected chi connectivity index (χ2v) is 22.8. The molecule has 1 heterocycles. The molecule has 12 heteroatoms. The van der Waals surface area contributed by atoms with E-state index in [1.165, 1.54) is 161 Å². The Morgan fingerprint density at radius 3 is 1.18 bits per heavy atom. The third kappa shape index (κ3) is 45.2. The average molecular weight is 1120 g/mol. The third-order valence-electron chi connectivity index (χ3n) is 15.2. The molecule has 0 amide bonds. The fourth-order valence-electron chi connectivity index (χ4n) is 10.1. The Morgan fingerprint density at radius 2 is 0.759 bits per heavy atom. The van der Waals surface area contributed by atoms with Gasteiger partial charge in [-0.3, -0.25) is 14.4 Å². The Labute approximate surface area is 482 Å². The number of allylic oxidation sites excluding steroid dienone is 6. The molecule has 3 N–H and O–H groups in total. The van der Waals surface area contributed by atoms with Crippen molar-refractivity contribution in [2.24, 2.45) is 0 Å². The van der Waals surface area contributed by atoms with E-state index in [9.17, 15) is 34.5 Å². The molecule has 0 spiro atoms. The van der Waals surface area contributed by atoms with Crippen molar-refractivity contribution in [3.63, 3.8) is 0 Å². The number of aliphatic hydroxyl groups excluding tert-OH is 2. The van der Waals surface area contributed by atoms with E-state index in [1.54, 1.807) is 0 Å². The minimum Gasteiger partial charge on any atom is -0.479 e. The highest BCUT2D eigenvalue weighted by molar-refractivity contribution is 5.74. The molecule has 0 aromatic carbocycles. The summed E-state index contributed by atoms with van der Waals surface area (Å²) in [7, 11) is 0. The monoisotopic (exact) mass is 1120 g/mol. The van der Waals surface area contributed by atoms with E-state index in [2.05, 4.69) is 57.2 Å². The van der Waals surface area contributed by atoms with Crippen LogP contribution >= 0.6 is 0 Å². The molecule has 1 fully saturated rings. The minimum absolute atomic E-state index is 0.0533. The van der Waals surface area contributed by atoms with Crippen molar-refractivity contribution in [2.45, 2.75) is 353 Å². The number of ether oxygens (including phenoxy) is 5. The maximum absolute atomic E-state index is 13.2.